The summed E-state index contributed by atoms with van der Waals surface area (Å²) in [5.41, 5.74) is 0.973. The number of nitrogens with one attached hydrogen (secondary N) is 1. The van der Waals surface area contributed by atoms with Crippen molar-refractivity contribution in [3.8, 4) is 0 Å². The molecule has 0 rings (SSSR count). The van der Waals surface area contributed by atoms with Crippen LogP contribution >= 0.6 is 11.8 Å². The van der Waals surface area contributed by atoms with Crippen LogP contribution in [-0.4, -0.2) is 24.0 Å². The van der Waals surface area contributed by atoms with E-state index in [1.165, 1.54) is 0 Å². The van der Waals surface area contributed by atoms with E-state index in [1.807, 2.05) is 13.8 Å². The molecule has 1 amide bonds. The van der Waals surface area contributed by atoms with Crippen molar-refractivity contribution >= 4 is 17.0 Å². The molecule has 3 nitrogen and oxygen atoms in total. The molecule has 0 aromatic rings. The van der Waals surface area contributed by atoms with Crippen molar-refractivity contribution in [3.63, 3.8) is 0 Å². The lowest BCUT2D eigenvalue weighted by atomic mass is 10.3. The smallest absolute Gasteiger partial charge is 0.283 e. The maximum atomic E-state index is 10.8. The van der Waals surface area contributed by atoms with Gasteiger partial charge in [0.1, 0.15) is 0 Å². The van der Waals surface area contributed by atoms with Crippen molar-refractivity contribution in [2.45, 2.75) is 13.8 Å². The molecule has 64 valence electrons. The molecule has 11 heavy (non-hydrogen) atoms. The van der Waals surface area contributed by atoms with E-state index in [9.17, 15) is 4.79 Å². The molecule has 0 radical (unpaired) electrons. The van der Waals surface area contributed by atoms with Crippen LogP contribution in [0.25, 0.3) is 0 Å². The summed E-state index contributed by atoms with van der Waals surface area (Å²) in [5.74, 6) is 0. The number of hydrogen-bond donors (Lipinski definition) is 2. The van der Waals surface area contributed by atoms with E-state index < -0.39 is 0 Å². The van der Waals surface area contributed by atoms with Crippen LogP contribution in [0.5, 0.6) is 0 Å². The second kappa shape index (κ2) is 5.21. The van der Waals surface area contributed by atoms with Crippen LogP contribution in [0, 0.1) is 0 Å². The number of aliphatic hydroxyl groups is 1. The van der Waals surface area contributed by atoms with Gasteiger partial charge in [0.2, 0.25) is 0 Å². The Hall–Kier alpha value is -0.480. The van der Waals surface area contributed by atoms with Gasteiger partial charge in [0.05, 0.1) is 6.61 Å². The minimum absolute atomic E-state index is 0.0690. The van der Waals surface area contributed by atoms with E-state index in [1.54, 1.807) is 7.05 Å². The largest absolute Gasteiger partial charge is 0.391 e. The third-order valence-corrected chi connectivity index (χ3v) is 2.29. The van der Waals surface area contributed by atoms with Crippen LogP contribution in [-0.2, 0) is 0 Å². The van der Waals surface area contributed by atoms with Gasteiger partial charge in [-0.15, -0.1) is 0 Å². The summed E-state index contributed by atoms with van der Waals surface area (Å²) in [7, 11) is 1.56. The van der Waals surface area contributed by atoms with E-state index in [0.29, 0.717) is 4.91 Å². The van der Waals surface area contributed by atoms with E-state index in [0.717, 1.165) is 17.3 Å². The first-order valence-electron chi connectivity index (χ1n) is 3.28. The molecule has 0 aromatic carbocycles. The predicted octanol–water partition coefficient (Wildman–Crippen LogP) is 1.35. The summed E-state index contributed by atoms with van der Waals surface area (Å²) in [6, 6.07) is 0. The van der Waals surface area contributed by atoms with Gasteiger partial charge >= 0.3 is 0 Å². The summed E-state index contributed by atoms with van der Waals surface area (Å²) in [6.07, 6.45) is 0. The first-order valence-corrected chi connectivity index (χ1v) is 4.10. The van der Waals surface area contributed by atoms with Crippen molar-refractivity contribution in [1.29, 1.82) is 0 Å². The van der Waals surface area contributed by atoms with Gasteiger partial charge in [-0.1, -0.05) is 5.57 Å². The van der Waals surface area contributed by atoms with Gasteiger partial charge in [0.25, 0.3) is 5.24 Å². The van der Waals surface area contributed by atoms with Crippen LogP contribution in [0.4, 0.5) is 4.79 Å². The molecule has 4 heteroatoms. The van der Waals surface area contributed by atoms with Gasteiger partial charge < -0.3 is 10.4 Å². The van der Waals surface area contributed by atoms with E-state index in [4.69, 9.17) is 5.11 Å². The average Bonchev–Trinajstić information content (AvgIpc) is 1.99. The van der Waals surface area contributed by atoms with Gasteiger partial charge in [0.15, 0.2) is 0 Å². The first-order chi connectivity index (χ1) is 5.11. The number of thioether (sulfide) groups is 1. The standard InChI is InChI=1S/C7H13NO2S/c1-5(2)6(4-9)11-7(10)8-3/h9H,4H2,1-3H3,(H,8,10). The number of carbonyl (C=O) groups excluding carboxylic acids is 1. The minimum atomic E-state index is -0.143. The van der Waals surface area contributed by atoms with Crippen molar-refractivity contribution in [2.75, 3.05) is 13.7 Å². The molecule has 0 heterocycles. The van der Waals surface area contributed by atoms with Crippen LogP contribution in [0.1, 0.15) is 13.8 Å². The second-order valence-electron chi connectivity index (χ2n) is 2.22. The zero-order valence-corrected chi connectivity index (χ0v) is 7.79. The Labute approximate surface area is 70.9 Å². The highest BCUT2D eigenvalue weighted by Gasteiger charge is 2.04. The molecule has 0 spiro atoms. The summed E-state index contributed by atoms with van der Waals surface area (Å²) < 4.78 is 0. The molecule has 0 saturated carbocycles. The highest BCUT2D eigenvalue weighted by Crippen LogP contribution is 2.18. The number of aliphatic hydroxyl groups excluding tert-OH is 1. The fraction of sp³-hybridized carbons (Fsp3) is 0.571. The van der Waals surface area contributed by atoms with E-state index in [2.05, 4.69) is 5.32 Å². The highest BCUT2D eigenvalue weighted by molar-refractivity contribution is 8.16. The zero-order valence-electron chi connectivity index (χ0n) is 6.97. The number of hydrogen-bond acceptors (Lipinski definition) is 3. The van der Waals surface area contributed by atoms with Gasteiger partial charge in [-0.25, -0.2) is 0 Å². The second-order valence-corrected chi connectivity index (χ2v) is 3.29. The number of allylic oxidation sites excluding steroid dienone is 1. The van der Waals surface area contributed by atoms with Crippen molar-refractivity contribution in [1.82, 2.24) is 5.32 Å². The van der Waals surface area contributed by atoms with Crippen molar-refractivity contribution in [3.05, 3.63) is 10.5 Å². The fourth-order valence-corrected chi connectivity index (χ4v) is 1.05. The normalized spacial score (nSPS) is 9.09. The van der Waals surface area contributed by atoms with Gasteiger partial charge in [-0.2, -0.15) is 0 Å². The monoisotopic (exact) mass is 175 g/mol. The van der Waals surface area contributed by atoms with Gasteiger partial charge in [0, 0.05) is 12.0 Å². The number of rotatable bonds is 2. The molecular formula is C7H13NO2S. The maximum absolute atomic E-state index is 10.8. The van der Waals surface area contributed by atoms with Crippen molar-refractivity contribution in [2.24, 2.45) is 0 Å². The Balaban J connectivity index is 4.11. The summed E-state index contributed by atoms with van der Waals surface area (Å²) >= 11 is 1.03. The lowest BCUT2D eigenvalue weighted by Crippen LogP contribution is -2.12. The highest BCUT2D eigenvalue weighted by atomic mass is 32.2. The molecule has 0 aromatic heterocycles. The Morgan fingerprint density at radius 1 is 1.55 bits per heavy atom. The van der Waals surface area contributed by atoms with Crippen LogP contribution in [0.15, 0.2) is 10.5 Å². The Morgan fingerprint density at radius 2 is 2.09 bits per heavy atom. The zero-order chi connectivity index (χ0) is 8.85. The van der Waals surface area contributed by atoms with Gasteiger partial charge in [-0.05, 0) is 25.6 Å². The molecular weight excluding hydrogens is 162 g/mol. The van der Waals surface area contributed by atoms with E-state index >= 15 is 0 Å². The molecule has 0 aliphatic carbocycles. The molecule has 0 atom stereocenters. The third-order valence-electron chi connectivity index (χ3n) is 1.12. The molecule has 0 fully saturated rings. The quantitative estimate of drug-likeness (QED) is 0.666. The maximum Gasteiger partial charge on any atom is 0.283 e. The van der Waals surface area contributed by atoms with Crippen LogP contribution in [0.3, 0.4) is 0 Å². The molecule has 0 bridgehead atoms. The van der Waals surface area contributed by atoms with Crippen LogP contribution < -0.4 is 5.32 Å². The third kappa shape index (κ3) is 4.06. The van der Waals surface area contributed by atoms with Crippen molar-refractivity contribution < 1.29 is 9.90 Å². The molecule has 0 aliphatic rings. The molecule has 0 unspecified atom stereocenters. The molecule has 0 saturated heterocycles. The molecule has 0 aliphatic heterocycles. The van der Waals surface area contributed by atoms with E-state index in [-0.39, 0.29) is 11.8 Å². The topological polar surface area (TPSA) is 49.3 Å². The molecule has 2 N–H and O–H groups in total. The summed E-state index contributed by atoms with van der Waals surface area (Å²) in [6.45, 7) is 3.66. The Bertz CT molecular complexity index is 173. The minimum Gasteiger partial charge on any atom is -0.391 e. The van der Waals surface area contributed by atoms with Crippen LogP contribution in [0.2, 0.25) is 0 Å². The predicted molar refractivity (Wildman–Crippen MR) is 47.5 cm³/mol. The SMILES string of the molecule is CNC(=O)SC(CO)=C(C)C. The fourth-order valence-electron chi connectivity index (χ4n) is 0.455. The summed E-state index contributed by atoms with van der Waals surface area (Å²) in [5, 5.41) is 11.1. The Morgan fingerprint density at radius 3 is 2.36 bits per heavy atom. The number of amides is 1. The number of carbonyl (C=O) groups is 1. The summed E-state index contributed by atoms with van der Waals surface area (Å²) in [4.78, 5) is 11.5. The lowest BCUT2D eigenvalue weighted by Gasteiger charge is -2.03. The lowest BCUT2D eigenvalue weighted by molar-refractivity contribution is 0.262. The average molecular weight is 175 g/mol. The first kappa shape index (κ1) is 10.5. The van der Waals surface area contributed by atoms with Gasteiger partial charge in [-0.3, -0.25) is 4.79 Å². The Kier molecular flexibility index (Phi) is 4.98.